The van der Waals surface area contributed by atoms with Crippen molar-refractivity contribution in [1.29, 1.82) is 0 Å². The van der Waals surface area contributed by atoms with Gasteiger partial charge in [-0.1, -0.05) is 24.6 Å². The molecule has 0 spiro atoms. The van der Waals surface area contributed by atoms with E-state index in [-0.39, 0.29) is 29.5 Å². The molecule has 14 heavy (non-hydrogen) atoms. The molecule has 1 aliphatic rings. The van der Waals surface area contributed by atoms with E-state index in [1.165, 1.54) is 0 Å². The first kappa shape index (κ1) is 12.2. The van der Waals surface area contributed by atoms with E-state index in [2.05, 4.69) is 0 Å². The minimum absolute atomic E-state index is 0.0468. The van der Waals surface area contributed by atoms with Gasteiger partial charge in [-0.05, 0) is 25.2 Å². The van der Waals surface area contributed by atoms with Crippen LogP contribution < -0.4 is 0 Å². The number of hydrogen-bond donors (Lipinski definition) is 1. The smallest absolute Gasteiger partial charge is 0.393 e. The molecule has 0 aliphatic heterocycles. The lowest BCUT2D eigenvalue weighted by molar-refractivity contribution is -0.0328. The van der Waals surface area contributed by atoms with Crippen LogP contribution in [0.15, 0.2) is 0 Å². The first-order valence-corrected chi connectivity index (χ1v) is 5.84. The van der Waals surface area contributed by atoms with Crippen molar-refractivity contribution in [3.05, 3.63) is 0 Å². The Kier molecular flexibility index (Phi) is 4.57. The lowest BCUT2D eigenvalue weighted by Gasteiger charge is -2.25. The molecule has 0 heterocycles. The Balaban J connectivity index is 2.12. The fourth-order valence-electron chi connectivity index (χ4n) is 1.87. The highest BCUT2D eigenvalue weighted by molar-refractivity contribution is 8.00. The Hall–Kier alpha value is 0.100. The monoisotopic (exact) mass is 228 g/mol. The summed E-state index contributed by atoms with van der Waals surface area (Å²) in [6, 6.07) is 0. The maximum Gasteiger partial charge on any atom is 0.441 e. The largest absolute Gasteiger partial charge is 0.441 e. The quantitative estimate of drug-likeness (QED) is 0.800. The SMILES string of the molecule is OC1CCCC(CCSC(F)(F)F)C1. The van der Waals surface area contributed by atoms with E-state index in [0.29, 0.717) is 12.8 Å². The first-order chi connectivity index (χ1) is 6.47. The molecule has 0 aromatic carbocycles. The number of aliphatic hydroxyl groups excluding tert-OH is 1. The van der Waals surface area contributed by atoms with Crippen LogP contribution in [0.2, 0.25) is 0 Å². The zero-order valence-corrected chi connectivity index (χ0v) is 8.70. The Morgan fingerprint density at radius 1 is 1.29 bits per heavy atom. The highest BCUT2D eigenvalue weighted by Gasteiger charge is 2.28. The van der Waals surface area contributed by atoms with Gasteiger partial charge in [0.2, 0.25) is 0 Å². The maximum absolute atomic E-state index is 11.8. The van der Waals surface area contributed by atoms with Crippen molar-refractivity contribution in [2.75, 3.05) is 5.75 Å². The highest BCUT2D eigenvalue weighted by Crippen LogP contribution is 2.34. The van der Waals surface area contributed by atoms with Gasteiger partial charge in [-0.2, -0.15) is 13.2 Å². The van der Waals surface area contributed by atoms with Gasteiger partial charge in [-0.15, -0.1) is 0 Å². The van der Waals surface area contributed by atoms with E-state index in [0.717, 1.165) is 19.3 Å². The van der Waals surface area contributed by atoms with Gasteiger partial charge in [0, 0.05) is 5.75 Å². The van der Waals surface area contributed by atoms with Crippen LogP contribution >= 0.6 is 11.8 Å². The number of rotatable bonds is 3. The standard InChI is InChI=1S/C9H15F3OS/c10-9(11,12)14-5-4-7-2-1-3-8(13)6-7/h7-8,13H,1-6H2. The van der Waals surface area contributed by atoms with E-state index in [4.69, 9.17) is 0 Å². The van der Waals surface area contributed by atoms with E-state index < -0.39 is 5.51 Å². The molecule has 1 rings (SSSR count). The van der Waals surface area contributed by atoms with Crippen molar-refractivity contribution < 1.29 is 18.3 Å². The molecule has 1 aliphatic carbocycles. The zero-order valence-electron chi connectivity index (χ0n) is 7.89. The Morgan fingerprint density at radius 3 is 2.57 bits per heavy atom. The summed E-state index contributed by atoms with van der Waals surface area (Å²) in [5, 5.41) is 9.31. The van der Waals surface area contributed by atoms with Crippen molar-refractivity contribution in [2.24, 2.45) is 5.92 Å². The van der Waals surface area contributed by atoms with Crippen molar-refractivity contribution >= 4 is 11.8 Å². The molecule has 0 aromatic rings. The molecule has 1 nitrogen and oxygen atoms in total. The maximum atomic E-state index is 11.8. The van der Waals surface area contributed by atoms with Crippen molar-refractivity contribution in [2.45, 2.75) is 43.7 Å². The molecule has 0 amide bonds. The summed E-state index contributed by atoms with van der Waals surface area (Å²) in [6.07, 6.45) is 3.69. The highest BCUT2D eigenvalue weighted by atomic mass is 32.2. The zero-order chi connectivity index (χ0) is 10.6. The minimum Gasteiger partial charge on any atom is -0.393 e. The molecular weight excluding hydrogens is 213 g/mol. The number of aliphatic hydroxyl groups is 1. The van der Waals surface area contributed by atoms with Crippen LogP contribution in [0.1, 0.15) is 32.1 Å². The first-order valence-electron chi connectivity index (χ1n) is 4.86. The summed E-state index contributed by atoms with van der Waals surface area (Å²) in [7, 11) is 0. The van der Waals surface area contributed by atoms with Crippen LogP contribution in [0.4, 0.5) is 13.2 Å². The van der Waals surface area contributed by atoms with Gasteiger partial charge >= 0.3 is 5.51 Å². The number of hydrogen-bond acceptors (Lipinski definition) is 2. The molecule has 0 radical (unpaired) electrons. The summed E-state index contributed by atoms with van der Waals surface area (Å²) >= 11 is 0.0468. The molecule has 1 saturated carbocycles. The van der Waals surface area contributed by atoms with Gasteiger partial charge < -0.3 is 5.11 Å². The average Bonchev–Trinajstić information content (AvgIpc) is 2.01. The second kappa shape index (κ2) is 5.26. The van der Waals surface area contributed by atoms with Gasteiger partial charge in [0.05, 0.1) is 6.10 Å². The lowest BCUT2D eigenvalue weighted by Crippen LogP contribution is -2.20. The van der Waals surface area contributed by atoms with E-state index in [1.807, 2.05) is 0 Å². The molecule has 1 fully saturated rings. The van der Waals surface area contributed by atoms with Crippen LogP contribution in [0.3, 0.4) is 0 Å². The van der Waals surface area contributed by atoms with Crippen LogP contribution in [0.5, 0.6) is 0 Å². The number of alkyl halides is 3. The number of thioether (sulfide) groups is 1. The molecule has 2 atom stereocenters. The van der Waals surface area contributed by atoms with Gasteiger partial charge in [0.15, 0.2) is 0 Å². The summed E-state index contributed by atoms with van der Waals surface area (Å²) in [5.41, 5.74) is -4.10. The topological polar surface area (TPSA) is 20.2 Å². The molecule has 0 bridgehead atoms. The molecule has 1 N–H and O–H groups in total. The lowest BCUT2D eigenvalue weighted by atomic mass is 9.86. The second-order valence-electron chi connectivity index (χ2n) is 3.77. The summed E-state index contributed by atoms with van der Waals surface area (Å²) < 4.78 is 35.4. The Labute approximate surface area is 86.1 Å². The summed E-state index contributed by atoms with van der Waals surface area (Å²) in [6.45, 7) is 0. The molecule has 84 valence electrons. The van der Waals surface area contributed by atoms with Crippen molar-refractivity contribution in [1.82, 2.24) is 0 Å². The molecule has 0 saturated heterocycles. The average molecular weight is 228 g/mol. The van der Waals surface area contributed by atoms with Gasteiger partial charge in [0.25, 0.3) is 0 Å². The normalized spacial score (nSPS) is 29.1. The van der Waals surface area contributed by atoms with Gasteiger partial charge in [-0.3, -0.25) is 0 Å². The Bertz CT molecular complexity index is 172. The van der Waals surface area contributed by atoms with Crippen LogP contribution in [0, 0.1) is 5.92 Å². The third kappa shape index (κ3) is 5.10. The Morgan fingerprint density at radius 2 is 2.00 bits per heavy atom. The molecular formula is C9H15F3OS. The molecule has 5 heteroatoms. The van der Waals surface area contributed by atoms with E-state index in [1.54, 1.807) is 0 Å². The van der Waals surface area contributed by atoms with E-state index in [9.17, 15) is 18.3 Å². The second-order valence-corrected chi connectivity index (χ2v) is 4.93. The van der Waals surface area contributed by atoms with E-state index >= 15 is 0 Å². The van der Waals surface area contributed by atoms with Gasteiger partial charge in [0.1, 0.15) is 0 Å². The van der Waals surface area contributed by atoms with Crippen LogP contribution in [0.25, 0.3) is 0 Å². The fraction of sp³-hybridized carbons (Fsp3) is 1.00. The number of halogens is 3. The van der Waals surface area contributed by atoms with Crippen LogP contribution in [-0.4, -0.2) is 22.5 Å². The molecule has 0 aromatic heterocycles. The third-order valence-electron chi connectivity index (χ3n) is 2.55. The van der Waals surface area contributed by atoms with Crippen molar-refractivity contribution in [3.63, 3.8) is 0 Å². The van der Waals surface area contributed by atoms with Gasteiger partial charge in [-0.25, -0.2) is 0 Å². The molecule has 2 unspecified atom stereocenters. The van der Waals surface area contributed by atoms with Crippen LogP contribution in [-0.2, 0) is 0 Å². The predicted octanol–water partition coefficient (Wildman–Crippen LogP) is 3.18. The fourth-order valence-corrected chi connectivity index (χ4v) is 2.55. The summed E-state index contributed by atoms with van der Waals surface area (Å²) in [4.78, 5) is 0. The van der Waals surface area contributed by atoms with Crippen molar-refractivity contribution in [3.8, 4) is 0 Å². The summed E-state index contributed by atoms with van der Waals surface area (Å²) in [5.74, 6) is 0.412. The predicted molar refractivity (Wildman–Crippen MR) is 51.1 cm³/mol. The third-order valence-corrected chi connectivity index (χ3v) is 3.31. The minimum atomic E-state index is -4.10.